The van der Waals surface area contributed by atoms with Crippen LogP contribution in [0.15, 0.2) is 22.7 Å². The average molecular weight is 327 g/mol. The number of rotatable bonds is 10. The molecule has 0 unspecified atom stereocenters. The third-order valence-electron chi connectivity index (χ3n) is 3.40. The second-order valence-corrected chi connectivity index (χ2v) is 6.09. The molecule has 1 aromatic rings. The van der Waals surface area contributed by atoms with Crippen LogP contribution in [-0.2, 0) is 0 Å². The second-order valence-electron chi connectivity index (χ2n) is 5.23. The van der Waals surface area contributed by atoms with E-state index in [1.807, 2.05) is 6.07 Å². The summed E-state index contributed by atoms with van der Waals surface area (Å²) >= 11 is 3.50. The van der Waals surface area contributed by atoms with E-state index in [4.69, 9.17) is 4.74 Å². The lowest BCUT2D eigenvalue weighted by atomic mass is 10.1. The fourth-order valence-corrected chi connectivity index (χ4v) is 2.38. The van der Waals surface area contributed by atoms with Crippen molar-refractivity contribution in [2.24, 2.45) is 0 Å². The van der Waals surface area contributed by atoms with Crippen molar-refractivity contribution in [3.63, 3.8) is 0 Å². The topological polar surface area (TPSA) is 9.23 Å². The van der Waals surface area contributed by atoms with Crippen LogP contribution in [0.25, 0.3) is 0 Å². The third-order valence-corrected chi connectivity index (χ3v) is 4.29. The van der Waals surface area contributed by atoms with Crippen LogP contribution in [-0.4, -0.2) is 6.61 Å². The van der Waals surface area contributed by atoms with Gasteiger partial charge in [0.15, 0.2) is 0 Å². The van der Waals surface area contributed by atoms with Crippen LogP contribution in [0.4, 0.5) is 0 Å². The predicted octanol–water partition coefficient (Wildman–Crippen LogP) is 6.28. The van der Waals surface area contributed by atoms with E-state index in [0.29, 0.717) is 0 Å². The van der Waals surface area contributed by atoms with Crippen LogP contribution in [0, 0.1) is 6.92 Å². The maximum Gasteiger partial charge on any atom is 0.119 e. The predicted molar refractivity (Wildman–Crippen MR) is 87.0 cm³/mol. The number of benzene rings is 1. The molecule has 2 heteroatoms. The van der Waals surface area contributed by atoms with Crippen LogP contribution in [0.3, 0.4) is 0 Å². The van der Waals surface area contributed by atoms with E-state index in [2.05, 4.69) is 41.9 Å². The number of aryl methyl sites for hydroxylation is 1. The summed E-state index contributed by atoms with van der Waals surface area (Å²) in [5, 5.41) is 0. The first-order valence-corrected chi connectivity index (χ1v) is 8.42. The van der Waals surface area contributed by atoms with Gasteiger partial charge in [-0.3, -0.25) is 0 Å². The first-order chi connectivity index (χ1) is 9.24. The number of hydrogen-bond donors (Lipinski definition) is 0. The molecule has 0 saturated heterocycles. The van der Waals surface area contributed by atoms with Crippen LogP contribution in [0.2, 0.25) is 0 Å². The molecule has 0 saturated carbocycles. The van der Waals surface area contributed by atoms with E-state index in [0.717, 1.165) is 16.8 Å². The molecule has 1 nitrogen and oxygen atoms in total. The van der Waals surface area contributed by atoms with Gasteiger partial charge in [0, 0.05) is 4.47 Å². The van der Waals surface area contributed by atoms with Crippen molar-refractivity contribution in [3.05, 3.63) is 28.2 Å². The highest BCUT2D eigenvalue weighted by Gasteiger charge is 1.98. The largest absolute Gasteiger partial charge is 0.494 e. The third kappa shape index (κ3) is 7.61. The summed E-state index contributed by atoms with van der Waals surface area (Å²) in [6.07, 6.45) is 10.7. The molecule has 19 heavy (non-hydrogen) atoms. The van der Waals surface area contributed by atoms with Crippen molar-refractivity contribution in [2.45, 2.75) is 65.2 Å². The minimum Gasteiger partial charge on any atom is -0.494 e. The smallest absolute Gasteiger partial charge is 0.119 e. The van der Waals surface area contributed by atoms with Gasteiger partial charge in [0.05, 0.1) is 6.61 Å². The summed E-state index contributed by atoms with van der Waals surface area (Å²) in [6, 6.07) is 6.18. The van der Waals surface area contributed by atoms with Crippen LogP contribution in [0.1, 0.15) is 63.9 Å². The van der Waals surface area contributed by atoms with E-state index < -0.39 is 0 Å². The molecule has 0 radical (unpaired) electrons. The summed E-state index contributed by atoms with van der Waals surface area (Å²) in [6.45, 7) is 5.20. The van der Waals surface area contributed by atoms with Gasteiger partial charge in [0.1, 0.15) is 5.75 Å². The quantitative estimate of drug-likeness (QED) is 0.460. The maximum absolute atomic E-state index is 5.77. The highest BCUT2D eigenvalue weighted by atomic mass is 79.9. The van der Waals surface area contributed by atoms with E-state index >= 15 is 0 Å². The normalized spacial score (nSPS) is 10.7. The highest BCUT2D eigenvalue weighted by Crippen LogP contribution is 2.21. The van der Waals surface area contributed by atoms with Crippen LogP contribution >= 0.6 is 15.9 Å². The maximum atomic E-state index is 5.77. The Morgan fingerprint density at radius 3 is 2.21 bits per heavy atom. The Hall–Kier alpha value is -0.500. The molecule has 1 aromatic carbocycles. The summed E-state index contributed by atoms with van der Waals surface area (Å²) < 4.78 is 6.91. The summed E-state index contributed by atoms with van der Waals surface area (Å²) in [5.41, 5.74) is 1.23. The Morgan fingerprint density at radius 1 is 0.947 bits per heavy atom. The van der Waals surface area contributed by atoms with Crippen molar-refractivity contribution < 1.29 is 4.74 Å². The van der Waals surface area contributed by atoms with Gasteiger partial charge in [-0.25, -0.2) is 0 Å². The molecular formula is C17H27BrO. The van der Waals surface area contributed by atoms with Gasteiger partial charge in [0.2, 0.25) is 0 Å². The minimum absolute atomic E-state index is 0.843. The number of unbranched alkanes of at least 4 members (excludes halogenated alkanes) is 7. The summed E-state index contributed by atoms with van der Waals surface area (Å²) in [7, 11) is 0. The van der Waals surface area contributed by atoms with E-state index in [9.17, 15) is 0 Å². The zero-order valence-electron chi connectivity index (χ0n) is 12.4. The van der Waals surface area contributed by atoms with Crippen molar-refractivity contribution in [3.8, 4) is 5.75 Å². The zero-order chi connectivity index (χ0) is 13.9. The Bertz CT molecular complexity index is 349. The van der Waals surface area contributed by atoms with Gasteiger partial charge in [0.25, 0.3) is 0 Å². The lowest BCUT2D eigenvalue weighted by molar-refractivity contribution is 0.304. The molecule has 0 aliphatic rings. The summed E-state index contributed by atoms with van der Waals surface area (Å²) in [5.74, 6) is 0.989. The Morgan fingerprint density at radius 2 is 1.58 bits per heavy atom. The molecule has 0 N–H and O–H groups in total. The minimum atomic E-state index is 0.843. The summed E-state index contributed by atoms with van der Waals surface area (Å²) in [4.78, 5) is 0. The first kappa shape index (κ1) is 16.6. The van der Waals surface area contributed by atoms with Gasteiger partial charge in [-0.2, -0.15) is 0 Å². The molecule has 0 heterocycles. The zero-order valence-corrected chi connectivity index (χ0v) is 14.0. The molecule has 0 amide bonds. The van der Waals surface area contributed by atoms with E-state index in [1.165, 1.54) is 56.9 Å². The van der Waals surface area contributed by atoms with Crippen LogP contribution < -0.4 is 4.74 Å². The average Bonchev–Trinajstić information content (AvgIpc) is 2.41. The lowest BCUT2D eigenvalue weighted by Gasteiger charge is -2.07. The molecule has 0 spiro atoms. The number of hydrogen-bond acceptors (Lipinski definition) is 1. The molecule has 0 aliphatic carbocycles. The first-order valence-electron chi connectivity index (χ1n) is 7.63. The van der Waals surface area contributed by atoms with Crippen molar-refractivity contribution in [1.82, 2.24) is 0 Å². The fourth-order valence-electron chi connectivity index (χ4n) is 2.13. The molecule has 0 atom stereocenters. The fraction of sp³-hybridized carbons (Fsp3) is 0.647. The van der Waals surface area contributed by atoms with Gasteiger partial charge >= 0.3 is 0 Å². The molecule has 1 rings (SSSR count). The van der Waals surface area contributed by atoms with E-state index in [-0.39, 0.29) is 0 Å². The van der Waals surface area contributed by atoms with Gasteiger partial charge in [-0.05, 0) is 37.1 Å². The molecule has 0 aliphatic heterocycles. The Balaban J connectivity index is 2.00. The second kappa shape index (κ2) is 10.3. The standard InChI is InChI=1S/C17H27BrO/c1-3-4-5-6-7-8-9-10-13-19-16-11-12-17(18)15(2)14-16/h11-12,14H,3-10,13H2,1-2H3. The van der Waals surface area contributed by atoms with Crippen molar-refractivity contribution in [2.75, 3.05) is 6.61 Å². The van der Waals surface area contributed by atoms with Gasteiger partial charge in [-0.15, -0.1) is 0 Å². The van der Waals surface area contributed by atoms with Crippen molar-refractivity contribution >= 4 is 15.9 Å². The number of halogens is 1. The highest BCUT2D eigenvalue weighted by molar-refractivity contribution is 9.10. The molecule has 108 valence electrons. The number of ether oxygens (including phenoxy) is 1. The molecule has 0 aromatic heterocycles. The Kier molecular flexibility index (Phi) is 8.98. The molecular weight excluding hydrogens is 300 g/mol. The van der Waals surface area contributed by atoms with Crippen molar-refractivity contribution in [1.29, 1.82) is 0 Å². The Labute approximate surface area is 126 Å². The van der Waals surface area contributed by atoms with Crippen LogP contribution in [0.5, 0.6) is 5.75 Å². The monoisotopic (exact) mass is 326 g/mol. The van der Waals surface area contributed by atoms with Gasteiger partial charge < -0.3 is 4.74 Å². The molecule has 0 fully saturated rings. The SMILES string of the molecule is CCCCCCCCCCOc1ccc(Br)c(C)c1. The molecule has 0 bridgehead atoms. The van der Waals surface area contributed by atoms with Gasteiger partial charge in [-0.1, -0.05) is 67.8 Å². The van der Waals surface area contributed by atoms with E-state index in [1.54, 1.807) is 0 Å². The lowest BCUT2D eigenvalue weighted by Crippen LogP contribution is -1.97.